The maximum absolute atomic E-state index is 10.7. The first-order valence-electron chi connectivity index (χ1n) is 4.45. The Balaban J connectivity index is 2.23. The number of hydrogen-bond donors (Lipinski definition) is 1. The minimum absolute atomic E-state index is 0.131. The highest BCUT2D eigenvalue weighted by Gasteiger charge is 2.44. The predicted molar refractivity (Wildman–Crippen MR) is 52.5 cm³/mol. The minimum Gasteiger partial charge on any atom is -0.481 e. The molecule has 2 unspecified atom stereocenters. The third-order valence-electron chi connectivity index (χ3n) is 2.48. The molecule has 0 aliphatic heterocycles. The van der Waals surface area contributed by atoms with Gasteiger partial charge in [-0.1, -0.05) is 11.6 Å². The minimum atomic E-state index is -0.722. The van der Waals surface area contributed by atoms with Crippen LogP contribution in [0.15, 0.2) is 12.1 Å². The second kappa shape index (κ2) is 3.24. The van der Waals surface area contributed by atoms with E-state index in [2.05, 4.69) is 4.98 Å². The van der Waals surface area contributed by atoms with Gasteiger partial charge >= 0.3 is 5.97 Å². The summed E-state index contributed by atoms with van der Waals surface area (Å²) in [5.74, 6) is -0.819. The molecule has 1 aromatic rings. The Labute approximate surface area is 86.7 Å². The van der Waals surface area contributed by atoms with Crippen molar-refractivity contribution in [3.63, 3.8) is 0 Å². The average molecular weight is 212 g/mol. The van der Waals surface area contributed by atoms with E-state index in [1.807, 2.05) is 13.0 Å². The van der Waals surface area contributed by atoms with Crippen LogP contribution in [0.3, 0.4) is 0 Å². The molecule has 1 aliphatic carbocycles. The number of carboxylic acid groups (broad SMARTS) is 1. The van der Waals surface area contributed by atoms with Gasteiger partial charge in [-0.3, -0.25) is 4.79 Å². The molecule has 0 radical (unpaired) electrons. The summed E-state index contributed by atoms with van der Waals surface area (Å²) in [5, 5.41) is 9.22. The molecule has 1 saturated carbocycles. The SMILES string of the molecule is Cc1cc(C2CC2C(=O)O)cc(Cl)n1. The van der Waals surface area contributed by atoms with Crippen molar-refractivity contribution >= 4 is 17.6 Å². The number of aryl methyl sites for hydroxylation is 1. The molecule has 1 heterocycles. The number of aliphatic carboxylic acids is 1. The van der Waals surface area contributed by atoms with Crippen molar-refractivity contribution in [2.24, 2.45) is 5.92 Å². The van der Waals surface area contributed by atoms with Gasteiger partial charge in [0, 0.05) is 5.69 Å². The van der Waals surface area contributed by atoms with E-state index in [1.165, 1.54) is 0 Å². The summed E-state index contributed by atoms with van der Waals surface area (Å²) in [6, 6.07) is 3.65. The summed E-state index contributed by atoms with van der Waals surface area (Å²) in [4.78, 5) is 14.7. The highest BCUT2D eigenvalue weighted by molar-refractivity contribution is 6.29. The van der Waals surface area contributed by atoms with E-state index in [0.29, 0.717) is 5.15 Å². The largest absolute Gasteiger partial charge is 0.481 e. The lowest BCUT2D eigenvalue weighted by molar-refractivity contribution is -0.138. The summed E-state index contributed by atoms with van der Waals surface area (Å²) < 4.78 is 0. The van der Waals surface area contributed by atoms with Crippen LogP contribution in [0.1, 0.15) is 23.6 Å². The number of halogens is 1. The third-order valence-corrected chi connectivity index (χ3v) is 2.67. The molecule has 1 aliphatic rings. The number of nitrogens with zero attached hydrogens (tertiary/aromatic N) is 1. The smallest absolute Gasteiger partial charge is 0.307 e. The normalized spacial score (nSPS) is 24.7. The van der Waals surface area contributed by atoms with Crippen molar-refractivity contribution in [3.8, 4) is 0 Å². The number of pyridine rings is 1. The van der Waals surface area contributed by atoms with Gasteiger partial charge < -0.3 is 5.11 Å². The molecule has 0 saturated heterocycles. The maximum Gasteiger partial charge on any atom is 0.307 e. The summed E-state index contributed by atoms with van der Waals surface area (Å²) in [5.41, 5.74) is 1.83. The number of aromatic nitrogens is 1. The highest BCUT2D eigenvalue weighted by Crippen LogP contribution is 2.47. The molecule has 4 heteroatoms. The van der Waals surface area contributed by atoms with Gasteiger partial charge in [-0.2, -0.15) is 0 Å². The van der Waals surface area contributed by atoms with Crippen LogP contribution in [-0.2, 0) is 4.79 Å². The summed E-state index contributed by atoms with van der Waals surface area (Å²) in [6.07, 6.45) is 0.717. The standard InChI is InChI=1S/C10H10ClNO2/c1-5-2-6(3-9(11)12-5)7-4-8(7)10(13)14/h2-3,7-8H,4H2,1H3,(H,13,14). The van der Waals surface area contributed by atoms with Crippen molar-refractivity contribution in [1.29, 1.82) is 0 Å². The fourth-order valence-electron chi connectivity index (χ4n) is 1.70. The van der Waals surface area contributed by atoms with E-state index < -0.39 is 5.97 Å². The first-order chi connectivity index (χ1) is 6.58. The van der Waals surface area contributed by atoms with Gasteiger partial charge in [-0.15, -0.1) is 0 Å². The number of hydrogen-bond acceptors (Lipinski definition) is 2. The highest BCUT2D eigenvalue weighted by atomic mass is 35.5. The topological polar surface area (TPSA) is 50.2 Å². The van der Waals surface area contributed by atoms with Crippen molar-refractivity contribution in [2.45, 2.75) is 19.3 Å². The van der Waals surface area contributed by atoms with Crippen molar-refractivity contribution in [3.05, 3.63) is 28.5 Å². The molecule has 2 atom stereocenters. The monoisotopic (exact) mass is 211 g/mol. The first-order valence-corrected chi connectivity index (χ1v) is 4.82. The van der Waals surface area contributed by atoms with Crippen LogP contribution in [0.2, 0.25) is 5.15 Å². The van der Waals surface area contributed by atoms with Gasteiger partial charge in [-0.05, 0) is 37.0 Å². The molecule has 0 amide bonds. The van der Waals surface area contributed by atoms with Crippen LogP contribution in [0.5, 0.6) is 0 Å². The lowest BCUT2D eigenvalue weighted by atomic mass is 10.1. The molecule has 0 bridgehead atoms. The van der Waals surface area contributed by atoms with E-state index in [1.54, 1.807) is 6.07 Å². The van der Waals surface area contributed by atoms with Crippen molar-refractivity contribution in [1.82, 2.24) is 4.98 Å². The Morgan fingerprint density at radius 2 is 2.36 bits per heavy atom. The average Bonchev–Trinajstić information content (AvgIpc) is 2.79. The second-order valence-corrected chi connectivity index (χ2v) is 4.04. The molecule has 0 aromatic carbocycles. The van der Waals surface area contributed by atoms with Crippen LogP contribution in [0, 0.1) is 12.8 Å². The van der Waals surface area contributed by atoms with Crippen molar-refractivity contribution < 1.29 is 9.90 Å². The van der Waals surface area contributed by atoms with E-state index in [4.69, 9.17) is 16.7 Å². The Kier molecular flexibility index (Phi) is 2.19. The fraction of sp³-hybridized carbons (Fsp3) is 0.400. The molecule has 14 heavy (non-hydrogen) atoms. The van der Waals surface area contributed by atoms with E-state index in [9.17, 15) is 4.79 Å². The van der Waals surface area contributed by atoms with Crippen LogP contribution in [0.4, 0.5) is 0 Å². The Morgan fingerprint density at radius 1 is 1.64 bits per heavy atom. The van der Waals surface area contributed by atoms with Gasteiger partial charge in [0.15, 0.2) is 0 Å². The zero-order valence-corrected chi connectivity index (χ0v) is 8.45. The first kappa shape index (κ1) is 9.46. The Bertz CT molecular complexity index is 371. The van der Waals surface area contributed by atoms with Crippen molar-refractivity contribution in [2.75, 3.05) is 0 Å². The molecule has 74 valence electrons. The molecular formula is C10H10ClNO2. The number of carbonyl (C=O) groups is 1. The molecule has 2 rings (SSSR count). The van der Waals surface area contributed by atoms with E-state index in [0.717, 1.165) is 17.7 Å². The zero-order valence-electron chi connectivity index (χ0n) is 7.70. The molecule has 1 N–H and O–H groups in total. The maximum atomic E-state index is 10.7. The quantitative estimate of drug-likeness (QED) is 0.764. The number of carboxylic acids is 1. The van der Waals surface area contributed by atoms with Crippen LogP contribution in [0.25, 0.3) is 0 Å². The van der Waals surface area contributed by atoms with Crippen LogP contribution < -0.4 is 0 Å². The molecular weight excluding hydrogens is 202 g/mol. The second-order valence-electron chi connectivity index (χ2n) is 3.65. The van der Waals surface area contributed by atoms with Gasteiger partial charge in [0.2, 0.25) is 0 Å². The Morgan fingerprint density at radius 3 is 2.86 bits per heavy atom. The van der Waals surface area contributed by atoms with E-state index >= 15 is 0 Å². The summed E-state index contributed by atoms with van der Waals surface area (Å²) >= 11 is 5.79. The number of rotatable bonds is 2. The fourth-order valence-corrected chi connectivity index (χ4v) is 1.96. The molecule has 1 aromatic heterocycles. The lowest BCUT2D eigenvalue weighted by Crippen LogP contribution is -1.99. The predicted octanol–water partition coefficient (Wildman–Crippen LogP) is 2.23. The summed E-state index contributed by atoms with van der Waals surface area (Å²) in [7, 11) is 0. The van der Waals surface area contributed by atoms with Gasteiger partial charge in [0.25, 0.3) is 0 Å². The Hall–Kier alpha value is -1.09. The van der Waals surface area contributed by atoms with Crippen LogP contribution >= 0.6 is 11.6 Å². The van der Waals surface area contributed by atoms with E-state index in [-0.39, 0.29) is 11.8 Å². The van der Waals surface area contributed by atoms with Gasteiger partial charge in [0.1, 0.15) is 5.15 Å². The zero-order chi connectivity index (χ0) is 10.3. The molecule has 3 nitrogen and oxygen atoms in total. The molecule has 0 spiro atoms. The third kappa shape index (κ3) is 1.73. The van der Waals surface area contributed by atoms with Gasteiger partial charge in [-0.25, -0.2) is 4.98 Å². The molecule has 1 fully saturated rings. The lowest BCUT2D eigenvalue weighted by Gasteiger charge is -2.01. The van der Waals surface area contributed by atoms with Crippen LogP contribution in [-0.4, -0.2) is 16.1 Å². The summed E-state index contributed by atoms with van der Waals surface area (Å²) in [6.45, 7) is 1.85. The van der Waals surface area contributed by atoms with Gasteiger partial charge in [0.05, 0.1) is 5.92 Å².